The number of carbonyl (C=O) groups is 3. The molecule has 1 rings (SSSR count). The Balaban J connectivity index is 2.88. The minimum absolute atomic E-state index is 0.126. The maximum atomic E-state index is 12.1. The Morgan fingerprint density at radius 3 is 2.23 bits per heavy atom. The van der Waals surface area contributed by atoms with Crippen LogP contribution in [0.4, 0.5) is 0 Å². The van der Waals surface area contributed by atoms with Crippen molar-refractivity contribution in [2.45, 2.75) is 43.5 Å². The maximum absolute atomic E-state index is 12.1. The minimum Gasteiger partial charge on any atom is -0.459 e. The van der Waals surface area contributed by atoms with Gasteiger partial charge in [-0.25, -0.2) is 4.79 Å². The van der Waals surface area contributed by atoms with Gasteiger partial charge in [-0.15, -0.1) is 0 Å². The monoisotopic (exact) mass is 370 g/mol. The lowest BCUT2D eigenvalue weighted by Crippen LogP contribution is -2.28. The molecule has 0 aliphatic heterocycles. The first-order valence-electron chi connectivity index (χ1n) is 6.52. The Kier molecular flexibility index (Phi) is 5.93. The lowest BCUT2D eigenvalue weighted by Gasteiger charge is -2.22. The Labute approximate surface area is 143 Å². The molecule has 0 spiro atoms. The third-order valence-electron chi connectivity index (χ3n) is 2.85. The van der Waals surface area contributed by atoms with E-state index >= 15 is 0 Å². The number of halogens is 3. The largest absolute Gasteiger partial charge is 0.459 e. The van der Waals surface area contributed by atoms with Gasteiger partial charge in [0.25, 0.3) is 0 Å². The van der Waals surface area contributed by atoms with Crippen LogP contribution in [0.1, 0.15) is 34.1 Å². The summed E-state index contributed by atoms with van der Waals surface area (Å²) in [6.07, 6.45) is -0.126. The van der Waals surface area contributed by atoms with Crippen molar-refractivity contribution < 1.29 is 23.9 Å². The van der Waals surface area contributed by atoms with Crippen LogP contribution in [0.25, 0.3) is 0 Å². The SMILES string of the molecule is CC1=C(C(=O)OCC(Cl)(Cl)Cl)C(=O)CC1C(=O)OC(C)(C)C. The van der Waals surface area contributed by atoms with Crippen molar-refractivity contribution in [1.82, 2.24) is 0 Å². The number of carbonyl (C=O) groups excluding carboxylic acids is 3. The number of esters is 2. The van der Waals surface area contributed by atoms with Gasteiger partial charge in [-0.2, -0.15) is 0 Å². The summed E-state index contributed by atoms with van der Waals surface area (Å²) in [5.41, 5.74) is -0.544. The minimum atomic E-state index is -1.77. The Morgan fingerprint density at radius 1 is 1.23 bits per heavy atom. The van der Waals surface area contributed by atoms with Gasteiger partial charge in [0.1, 0.15) is 17.8 Å². The van der Waals surface area contributed by atoms with Gasteiger partial charge < -0.3 is 9.47 Å². The standard InChI is InChI=1S/C14H17Cl3O5/c1-7-8(11(19)22-13(2,3)4)5-9(18)10(7)12(20)21-6-14(15,16)17/h8H,5-6H2,1-4H3. The van der Waals surface area contributed by atoms with E-state index in [4.69, 9.17) is 44.3 Å². The topological polar surface area (TPSA) is 69.7 Å². The molecule has 22 heavy (non-hydrogen) atoms. The van der Waals surface area contributed by atoms with E-state index in [9.17, 15) is 14.4 Å². The highest BCUT2D eigenvalue weighted by Crippen LogP contribution is 2.33. The van der Waals surface area contributed by atoms with Gasteiger partial charge in [-0.3, -0.25) is 9.59 Å². The van der Waals surface area contributed by atoms with Crippen molar-refractivity contribution in [1.29, 1.82) is 0 Å². The fraction of sp³-hybridized carbons (Fsp3) is 0.643. The van der Waals surface area contributed by atoms with Crippen LogP contribution in [0.15, 0.2) is 11.1 Å². The molecule has 0 radical (unpaired) electrons. The molecule has 0 heterocycles. The van der Waals surface area contributed by atoms with E-state index in [1.54, 1.807) is 20.8 Å². The Hall–Kier alpha value is -0.780. The van der Waals surface area contributed by atoms with Gasteiger partial charge in [0.15, 0.2) is 5.78 Å². The zero-order valence-electron chi connectivity index (χ0n) is 12.7. The molecule has 0 amide bonds. The fourth-order valence-electron chi connectivity index (χ4n) is 1.96. The zero-order chi connectivity index (χ0) is 17.3. The number of hydrogen-bond donors (Lipinski definition) is 0. The molecule has 0 aromatic rings. The maximum Gasteiger partial charge on any atom is 0.341 e. The summed E-state index contributed by atoms with van der Waals surface area (Å²) in [5.74, 6) is -2.73. The number of alkyl halides is 3. The zero-order valence-corrected chi connectivity index (χ0v) is 14.9. The first-order chi connectivity index (χ1) is 9.82. The van der Waals surface area contributed by atoms with Crippen LogP contribution in [-0.4, -0.2) is 33.7 Å². The Morgan fingerprint density at radius 2 is 1.77 bits per heavy atom. The molecule has 8 heteroatoms. The predicted octanol–water partition coefficient (Wildman–Crippen LogP) is 3.15. The van der Waals surface area contributed by atoms with E-state index in [-0.39, 0.29) is 12.0 Å². The highest BCUT2D eigenvalue weighted by Gasteiger charge is 2.40. The summed E-state index contributed by atoms with van der Waals surface area (Å²) >= 11 is 16.5. The van der Waals surface area contributed by atoms with E-state index < -0.39 is 39.6 Å². The molecule has 0 bridgehead atoms. The van der Waals surface area contributed by atoms with Gasteiger partial charge in [0, 0.05) is 6.42 Å². The molecular formula is C14H17Cl3O5. The average molecular weight is 372 g/mol. The second-order valence-corrected chi connectivity index (χ2v) is 8.48. The summed E-state index contributed by atoms with van der Waals surface area (Å²) in [4.78, 5) is 36.0. The van der Waals surface area contributed by atoms with Crippen LogP contribution in [0, 0.1) is 5.92 Å². The van der Waals surface area contributed by atoms with E-state index in [0.29, 0.717) is 5.57 Å². The quantitative estimate of drug-likeness (QED) is 0.433. The molecule has 0 N–H and O–H groups in total. The highest BCUT2D eigenvalue weighted by atomic mass is 35.6. The predicted molar refractivity (Wildman–Crippen MR) is 82.9 cm³/mol. The lowest BCUT2D eigenvalue weighted by molar-refractivity contribution is -0.159. The van der Waals surface area contributed by atoms with Crippen LogP contribution in [0.3, 0.4) is 0 Å². The number of rotatable bonds is 3. The van der Waals surface area contributed by atoms with Crippen molar-refractivity contribution in [3.05, 3.63) is 11.1 Å². The number of hydrogen-bond acceptors (Lipinski definition) is 5. The molecule has 1 unspecified atom stereocenters. The molecule has 0 aromatic carbocycles. The first kappa shape index (κ1) is 19.3. The van der Waals surface area contributed by atoms with Crippen LogP contribution in [0.5, 0.6) is 0 Å². The second kappa shape index (κ2) is 6.77. The summed E-state index contributed by atoms with van der Waals surface area (Å²) in [7, 11) is 0. The van der Waals surface area contributed by atoms with Crippen molar-refractivity contribution in [2.75, 3.05) is 6.61 Å². The van der Waals surface area contributed by atoms with E-state index in [1.807, 2.05) is 0 Å². The van der Waals surface area contributed by atoms with Crippen molar-refractivity contribution in [3.8, 4) is 0 Å². The van der Waals surface area contributed by atoms with Crippen molar-refractivity contribution in [2.24, 2.45) is 5.92 Å². The number of Topliss-reactive ketones (excluding diaryl/α,β-unsaturated/α-hetero) is 1. The Bertz CT molecular complexity index is 526. The molecule has 124 valence electrons. The molecule has 1 aliphatic rings. The summed E-state index contributed by atoms with van der Waals surface area (Å²) in [6, 6.07) is 0. The van der Waals surface area contributed by atoms with E-state index in [0.717, 1.165) is 0 Å². The van der Waals surface area contributed by atoms with Crippen molar-refractivity contribution >= 4 is 52.5 Å². The van der Waals surface area contributed by atoms with Gasteiger partial charge >= 0.3 is 11.9 Å². The van der Waals surface area contributed by atoms with Gasteiger partial charge in [0.2, 0.25) is 3.79 Å². The lowest BCUT2D eigenvalue weighted by atomic mass is 10.0. The van der Waals surface area contributed by atoms with Gasteiger partial charge in [-0.1, -0.05) is 34.8 Å². The summed E-state index contributed by atoms with van der Waals surface area (Å²) < 4.78 is 8.27. The number of ketones is 1. The molecule has 0 saturated heterocycles. The second-order valence-electron chi connectivity index (χ2n) is 5.96. The molecule has 1 atom stereocenters. The van der Waals surface area contributed by atoms with E-state index in [2.05, 4.69) is 0 Å². The molecular weight excluding hydrogens is 355 g/mol. The molecule has 0 aromatic heterocycles. The normalized spacial score (nSPS) is 19.4. The fourth-order valence-corrected chi connectivity index (χ4v) is 2.13. The molecule has 5 nitrogen and oxygen atoms in total. The summed E-state index contributed by atoms with van der Waals surface area (Å²) in [5, 5.41) is 0. The molecule has 0 fully saturated rings. The first-order valence-corrected chi connectivity index (χ1v) is 7.66. The van der Waals surface area contributed by atoms with E-state index in [1.165, 1.54) is 6.92 Å². The van der Waals surface area contributed by atoms with Crippen molar-refractivity contribution in [3.63, 3.8) is 0 Å². The molecule has 0 saturated carbocycles. The van der Waals surface area contributed by atoms with Gasteiger partial charge in [0.05, 0.1) is 5.92 Å². The van der Waals surface area contributed by atoms with Crippen LogP contribution in [0.2, 0.25) is 0 Å². The smallest absolute Gasteiger partial charge is 0.341 e. The average Bonchev–Trinajstić information content (AvgIpc) is 2.59. The summed E-state index contributed by atoms with van der Waals surface area (Å²) in [6.45, 7) is 6.19. The molecule has 1 aliphatic carbocycles. The van der Waals surface area contributed by atoms with Crippen LogP contribution in [-0.2, 0) is 23.9 Å². The third-order valence-corrected chi connectivity index (χ3v) is 3.18. The third kappa shape index (κ3) is 5.45. The van der Waals surface area contributed by atoms with Crippen LogP contribution >= 0.6 is 34.8 Å². The highest BCUT2D eigenvalue weighted by molar-refractivity contribution is 6.67. The number of ether oxygens (including phenoxy) is 2. The van der Waals surface area contributed by atoms with Gasteiger partial charge in [-0.05, 0) is 33.3 Å². The van der Waals surface area contributed by atoms with Crippen LogP contribution < -0.4 is 0 Å².